The molecule has 0 spiro atoms. The number of fused-ring (bicyclic) bond motifs is 2. The molecule has 2 amide bonds. The molecule has 2 aliphatic rings. The zero-order valence-electron chi connectivity index (χ0n) is 21.1. The Balaban J connectivity index is 1.59. The Kier molecular flexibility index (Phi) is 7.06. The molecule has 7 heteroatoms. The van der Waals surface area contributed by atoms with Crippen LogP contribution in [0.15, 0.2) is 36.4 Å². The lowest BCUT2D eigenvalue weighted by atomic mass is 9.83. The molecule has 2 fully saturated rings. The molecule has 0 aliphatic heterocycles. The molecule has 0 heterocycles. The predicted molar refractivity (Wildman–Crippen MR) is 133 cm³/mol. The van der Waals surface area contributed by atoms with Gasteiger partial charge in [0.25, 0.3) is 5.91 Å². The molecule has 2 saturated carbocycles. The molecule has 0 aromatic heterocycles. The molecule has 35 heavy (non-hydrogen) atoms. The molecule has 2 aliphatic carbocycles. The first-order chi connectivity index (χ1) is 16.6. The van der Waals surface area contributed by atoms with Gasteiger partial charge in [-0.25, -0.2) is 4.39 Å². The van der Waals surface area contributed by atoms with E-state index in [2.05, 4.69) is 31.4 Å². The quantitative estimate of drug-likeness (QED) is 0.594. The van der Waals surface area contributed by atoms with Gasteiger partial charge in [0.1, 0.15) is 17.3 Å². The van der Waals surface area contributed by atoms with E-state index in [9.17, 15) is 14.0 Å². The van der Waals surface area contributed by atoms with Crippen LogP contribution in [0.3, 0.4) is 0 Å². The van der Waals surface area contributed by atoms with Crippen molar-refractivity contribution in [2.24, 2.45) is 23.2 Å². The molecular formula is C28H35FN2O4. The lowest BCUT2D eigenvalue weighted by Gasteiger charge is -2.32. The predicted octanol–water partition coefficient (Wildman–Crippen LogP) is 4.82. The molecule has 188 valence electrons. The summed E-state index contributed by atoms with van der Waals surface area (Å²) in [6.45, 7) is 6.81. The van der Waals surface area contributed by atoms with Gasteiger partial charge < -0.3 is 20.1 Å². The van der Waals surface area contributed by atoms with Gasteiger partial charge in [0.05, 0.1) is 25.7 Å². The third kappa shape index (κ3) is 5.29. The Bertz CT molecular complexity index is 1090. The van der Waals surface area contributed by atoms with Gasteiger partial charge in [-0.15, -0.1) is 0 Å². The van der Waals surface area contributed by atoms with Crippen LogP contribution in [-0.4, -0.2) is 38.6 Å². The van der Waals surface area contributed by atoms with E-state index in [1.807, 2.05) is 0 Å². The van der Waals surface area contributed by atoms with Crippen LogP contribution in [0.25, 0.3) is 11.1 Å². The van der Waals surface area contributed by atoms with Crippen molar-refractivity contribution in [1.29, 1.82) is 0 Å². The van der Waals surface area contributed by atoms with Crippen LogP contribution in [0.1, 0.15) is 50.4 Å². The zero-order valence-corrected chi connectivity index (χ0v) is 21.1. The molecular weight excluding hydrogens is 447 g/mol. The van der Waals surface area contributed by atoms with Crippen molar-refractivity contribution in [2.45, 2.75) is 46.1 Å². The van der Waals surface area contributed by atoms with Crippen molar-refractivity contribution in [2.75, 3.05) is 20.8 Å². The summed E-state index contributed by atoms with van der Waals surface area (Å²) in [5.74, 6) is 0.264. The fraction of sp³-hybridized carbons (Fsp3) is 0.500. The van der Waals surface area contributed by atoms with Gasteiger partial charge in [-0.1, -0.05) is 32.9 Å². The van der Waals surface area contributed by atoms with Crippen LogP contribution < -0.4 is 20.1 Å². The number of ether oxygens (including phenoxy) is 2. The summed E-state index contributed by atoms with van der Waals surface area (Å²) < 4.78 is 25.5. The van der Waals surface area contributed by atoms with Crippen LogP contribution in [0, 0.1) is 29.0 Å². The second-order valence-corrected chi connectivity index (χ2v) is 10.9. The molecule has 2 bridgehead atoms. The first-order valence-corrected chi connectivity index (χ1v) is 12.2. The lowest BCUT2D eigenvalue weighted by Crippen LogP contribution is -2.50. The number of nitrogens with one attached hydrogen (secondary N) is 2. The third-order valence-electron chi connectivity index (χ3n) is 7.24. The topological polar surface area (TPSA) is 76.7 Å². The molecule has 4 rings (SSSR count). The summed E-state index contributed by atoms with van der Waals surface area (Å²) in [5, 5.41) is 6.21. The van der Waals surface area contributed by atoms with E-state index in [0.29, 0.717) is 23.4 Å². The Hall–Kier alpha value is -3.09. The maximum absolute atomic E-state index is 14.9. The van der Waals surface area contributed by atoms with Crippen molar-refractivity contribution in [3.63, 3.8) is 0 Å². The normalized spacial score (nSPS) is 23.1. The Morgan fingerprint density at radius 2 is 1.71 bits per heavy atom. The first kappa shape index (κ1) is 25.0. The van der Waals surface area contributed by atoms with Crippen molar-refractivity contribution in [1.82, 2.24) is 10.6 Å². The number of amides is 2. The minimum Gasteiger partial charge on any atom is -0.497 e. The highest BCUT2D eigenvalue weighted by Crippen LogP contribution is 2.49. The molecule has 4 atom stereocenters. The number of carbonyl (C=O) groups is 2. The highest BCUT2D eigenvalue weighted by molar-refractivity contribution is 5.99. The van der Waals surface area contributed by atoms with E-state index in [-0.39, 0.29) is 52.3 Å². The first-order valence-electron chi connectivity index (χ1n) is 12.2. The van der Waals surface area contributed by atoms with Crippen LogP contribution in [0.2, 0.25) is 0 Å². The fourth-order valence-corrected chi connectivity index (χ4v) is 5.47. The molecule has 6 nitrogen and oxygen atoms in total. The number of hydrogen-bond donors (Lipinski definition) is 2. The highest BCUT2D eigenvalue weighted by atomic mass is 19.1. The van der Waals surface area contributed by atoms with Gasteiger partial charge in [0.15, 0.2) is 0 Å². The smallest absolute Gasteiger partial charge is 0.255 e. The number of methoxy groups -OCH3 is 2. The average molecular weight is 483 g/mol. The Morgan fingerprint density at radius 1 is 1.03 bits per heavy atom. The Morgan fingerprint density at radius 3 is 2.34 bits per heavy atom. The highest BCUT2D eigenvalue weighted by Gasteiger charge is 2.51. The minimum atomic E-state index is -0.483. The zero-order chi connectivity index (χ0) is 25.3. The summed E-state index contributed by atoms with van der Waals surface area (Å²) in [7, 11) is 2.98. The number of carbonyl (C=O) groups excluding carboxylic acids is 2. The van der Waals surface area contributed by atoms with Crippen LogP contribution in [-0.2, 0) is 4.79 Å². The Labute approximate surface area is 206 Å². The molecule has 2 aromatic carbocycles. The van der Waals surface area contributed by atoms with E-state index < -0.39 is 5.82 Å². The monoisotopic (exact) mass is 482 g/mol. The van der Waals surface area contributed by atoms with Gasteiger partial charge in [0.2, 0.25) is 5.91 Å². The fourth-order valence-electron chi connectivity index (χ4n) is 5.47. The third-order valence-corrected chi connectivity index (χ3v) is 7.24. The van der Waals surface area contributed by atoms with Gasteiger partial charge in [-0.3, -0.25) is 9.59 Å². The lowest BCUT2D eigenvalue weighted by molar-refractivity contribution is -0.127. The summed E-state index contributed by atoms with van der Waals surface area (Å²) in [4.78, 5) is 26.6. The van der Waals surface area contributed by atoms with Crippen molar-refractivity contribution in [3.8, 4) is 22.6 Å². The maximum atomic E-state index is 14.9. The largest absolute Gasteiger partial charge is 0.497 e. The summed E-state index contributed by atoms with van der Waals surface area (Å²) in [6.07, 6.45) is 2.94. The van der Waals surface area contributed by atoms with Crippen LogP contribution in [0.5, 0.6) is 11.5 Å². The average Bonchev–Trinajstić information content (AvgIpc) is 3.44. The number of rotatable bonds is 7. The van der Waals surface area contributed by atoms with Crippen LogP contribution in [0.4, 0.5) is 4.39 Å². The van der Waals surface area contributed by atoms with E-state index in [0.717, 1.165) is 19.3 Å². The van der Waals surface area contributed by atoms with Crippen molar-refractivity contribution in [3.05, 3.63) is 47.8 Å². The molecule has 0 saturated heterocycles. The maximum Gasteiger partial charge on any atom is 0.255 e. The van der Waals surface area contributed by atoms with E-state index in [1.54, 1.807) is 31.4 Å². The standard InChI is InChI=1S/C28H35FN2O4/c1-28(2,3)15-30-27(33)24-17-6-7-18(12-17)25(24)31-26(32)21-13-20(22(29)14-23(21)35-5)16-8-10-19(34-4)11-9-16/h8-11,13-14,17-18,24-25H,6-7,12,15H2,1-5H3,(H,30,33)(H,31,32)/t17-,18+,24+,25-/m1/s1. The second kappa shape index (κ2) is 9.88. The van der Waals surface area contributed by atoms with Crippen molar-refractivity contribution >= 4 is 11.8 Å². The van der Waals surface area contributed by atoms with Gasteiger partial charge in [0, 0.05) is 24.2 Å². The SMILES string of the molecule is COc1ccc(-c2cc(C(=O)N[C@@H]3[C@H]4CC[C@H](C4)[C@@H]3C(=O)NCC(C)(C)C)c(OC)cc2F)cc1. The summed E-state index contributed by atoms with van der Waals surface area (Å²) >= 11 is 0. The number of halogens is 1. The van der Waals surface area contributed by atoms with E-state index in [4.69, 9.17) is 9.47 Å². The van der Waals surface area contributed by atoms with E-state index in [1.165, 1.54) is 19.2 Å². The number of benzene rings is 2. The molecule has 2 aromatic rings. The van der Waals surface area contributed by atoms with Gasteiger partial charge in [-0.2, -0.15) is 0 Å². The van der Waals surface area contributed by atoms with Gasteiger partial charge in [-0.05, 0) is 60.3 Å². The van der Waals surface area contributed by atoms with Crippen molar-refractivity contribution < 1.29 is 23.5 Å². The molecule has 0 radical (unpaired) electrons. The van der Waals surface area contributed by atoms with Crippen LogP contribution >= 0.6 is 0 Å². The number of hydrogen-bond acceptors (Lipinski definition) is 4. The minimum absolute atomic E-state index is 0.00224. The summed E-state index contributed by atoms with van der Waals surface area (Å²) in [6, 6.07) is 9.49. The second-order valence-electron chi connectivity index (χ2n) is 10.9. The van der Waals surface area contributed by atoms with Gasteiger partial charge >= 0.3 is 0 Å². The van der Waals surface area contributed by atoms with E-state index >= 15 is 0 Å². The summed E-state index contributed by atoms with van der Waals surface area (Å²) in [5.41, 5.74) is 1.15. The molecule has 2 N–H and O–H groups in total. The molecule has 0 unspecified atom stereocenters.